The number of nitrogens with zero attached hydrogens (tertiary/aromatic N) is 2. The van der Waals surface area contributed by atoms with E-state index in [-0.39, 0.29) is 12.1 Å². The average Bonchev–Trinajstić information content (AvgIpc) is 3.09. The highest BCUT2D eigenvalue weighted by Gasteiger charge is 2.40. The molecule has 2 atom stereocenters. The molecule has 1 amide bonds. The van der Waals surface area contributed by atoms with Crippen LogP contribution in [0.5, 0.6) is 0 Å². The quantitative estimate of drug-likeness (QED) is 0.899. The van der Waals surface area contributed by atoms with Crippen LogP contribution in [0.3, 0.4) is 0 Å². The van der Waals surface area contributed by atoms with E-state index in [4.69, 9.17) is 11.6 Å². The molecule has 3 aliphatic rings. The molecule has 5 rings (SSSR count). The van der Waals surface area contributed by atoms with Gasteiger partial charge < -0.3 is 5.32 Å². The third-order valence-electron chi connectivity index (χ3n) is 5.57. The summed E-state index contributed by atoms with van der Waals surface area (Å²) in [4.78, 5) is 15.1. The Morgan fingerprint density at radius 1 is 1.12 bits per heavy atom. The molecule has 1 aromatic heterocycles. The van der Waals surface area contributed by atoms with Crippen molar-refractivity contribution in [1.29, 1.82) is 0 Å². The van der Waals surface area contributed by atoms with Gasteiger partial charge in [0.2, 0.25) is 0 Å². The molecule has 3 aliphatic heterocycles. The fraction of sp³-hybridized carbons (Fsp3) is 0.421. The lowest BCUT2D eigenvalue weighted by atomic mass is 9.79. The first-order chi connectivity index (χ1) is 11.6. The van der Waals surface area contributed by atoms with Crippen molar-refractivity contribution in [1.82, 2.24) is 14.8 Å². The van der Waals surface area contributed by atoms with E-state index in [1.807, 2.05) is 42.7 Å². The number of rotatable bonds is 2. The van der Waals surface area contributed by atoms with Crippen LogP contribution in [-0.2, 0) is 0 Å². The molecule has 0 aliphatic carbocycles. The Kier molecular flexibility index (Phi) is 4.10. The van der Waals surface area contributed by atoms with Crippen LogP contribution in [0.2, 0.25) is 5.02 Å². The lowest BCUT2D eigenvalue weighted by Crippen LogP contribution is -2.62. The summed E-state index contributed by atoms with van der Waals surface area (Å²) in [7, 11) is 0. The minimum Gasteiger partial charge on any atom is -0.333 e. The number of amides is 1. The number of benzene rings is 1. The lowest BCUT2D eigenvalue weighted by Gasteiger charge is -2.49. The van der Waals surface area contributed by atoms with Crippen molar-refractivity contribution in [2.24, 2.45) is 5.92 Å². The monoisotopic (exact) mass is 343 g/mol. The Morgan fingerprint density at radius 2 is 1.83 bits per heavy atom. The fourth-order valence-corrected chi connectivity index (χ4v) is 4.22. The number of carbonyl (C=O) groups is 1. The molecule has 1 aromatic carbocycles. The van der Waals surface area contributed by atoms with Crippen molar-refractivity contribution in [3.63, 3.8) is 0 Å². The highest BCUT2D eigenvalue weighted by Crippen LogP contribution is 2.32. The van der Waals surface area contributed by atoms with Crippen LogP contribution in [0, 0.1) is 5.92 Å². The zero-order chi connectivity index (χ0) is 16.7. The van der Waals surface area contributed by atoms with Gasteiger partial charge in [-0.25, -0.2) is 4.79 Å². The maximum Gasteiger partial charge on any atom is 0.325 e. The van der Waals surface area contributed by atoms with Crippen molar-refractivity contribution < 1.29 is 4.79 Å². The van der Waals surface area contributed by atoms with Gasteiger partial charge in [-0.2, -0.15) is 0 Å². The van der Waals surface area contributed by atoms with E-state index in [0.717, 1.165) is 11.1 Å². The predicted molar refractivity (Wildman–Crippen MR) is 96.4 cm³/mol. The third-order valence-corrected chi connectivity index (χ3v) is 5.82. The van der Waals surface area contributed by atoms with Crippen LogP contribution in [0.15, 0.2) is 42.7 Å². The van der Waals surface area contributed by atoms with Crippen molar-refractivity contribution >= 4 is 17.6 Å². The number of hydrogen-bond donors (Lipinski definition) is 1. The normalized spacial score (nSPS) is 28.8. The molecule has 126 valence electrons. The van der Waals surface area contributed by atoms with Gasteiger partial charge in [0.05, 0.1) is 0 Å². The van der Waals surface area contributed by atoms with E-state index in [1.54, 1.807) is 4.57 Å². The first-order valence-corrected chi connectivity index (χ1v) is 8.98. The second-order valence-corrected chi connectivity index (χ2v) is 7.34. The number of fused-ring (bicyclic) bond motifs is 3. The smallest absolute Gasteiger partial charge is 0.325 e. The van der Waals surface area contributed by atoms with Crippen molar-refractivity contribution in [2.45, 2.75) is 31.8 Å². The molecule has 2 bridgehead atoms. The number of carbonyl (C=O) groups excluding carboxylic acids is 1. The first kappa shape index (κ1) is 15.7. The van der Waals surface area contributed by atoms with Gasteiger partial charge in [0.15, 0.2) is 0 Å². The summed E-state index contributed by atoms with van der Waals surface area (Å²) in [6.45, 7) is 4.57. The summed E-state index contributed by atoms with van der Waals surface area (Å²) in [6, 6.07) is 10.3. The highest BCUT2D eigenvalue weighted by atomic mass is 35.5. The summed E-state index contributed by atoms with van der Waals surface area (Å²) in [6.07, 6.45) is 6.09. The standard InChI is InChI=1S/C19H22ClN3O/c1-13-18(15-6-9-22(13)10-7-15)21-19(24)23-11-8-16(12-23)14-2-4-17(20)5-3-14/h2-5,8,11-13,15,18H,6-7,9-10H2,1H3,(H,21,24)/t13-,18+/m1/s1. The van der Waals surface area contributed by atoms with Gasteiger partial charge in [-0.1, -0.05) is 23.7 Å². The molecule has 3 fully saturated rings. The molecule has 1 N–H and O–H groups in total. The second-order valence-electron chi connectivity index (χ2n) is 6.90. The highest BCUT2D eigenvalue weighted by molar-refractivity contribution is 6.30. The van der Waals surface area contributed by atoms with Gasteiger partial charge >= 0.3 is 6.03 Å². The molecular weight excluding hydrogens is 322 g/mol. The Bertz CT molecular complexity index is 729. The molecule has 2 aromatic rings. The van der Waals surface area contributed by atoms with Crippen molar-refractivity contribution in [3.8, 4) is 11.1 Å². The average molecular weight is 344 g/mol. The van der Waals surface area contributed by atoms with Gasteiger partial charge in [-0.05, 0) is 68.1 Å². The minimum atomic E-state index is -0.0409. The van der Waals surface area contributed by atoms with Crippen LogP contribution >= 0.6 is 11.6 Å². The molecule has 0 spiro atoms. The van der Waals surface area contributed by atoms with Crippen molar-refractivity contribution in [3.05, 3.63) is 47.7 Å². The van der Waals surface area contributed by atoms with Gasteiger partial charge in [0, 0.05) is 29.5 Å². The van der Waals surface area contributed by atoms with E-state index < -0.39 is 0 Å². The topological polar surface area (TPSA) is 37.3 Å². The number of nitrogens with one attached hydrogen (secondary N) is 1. The number of piperidine rings is 3. The van der Waals surface area contributed by atoms with Crippen molar-refractivity contribution in [2.75, 3.05) is 13.1 Å². The van der Waals surface area contributed by atoms with E-state index in [1.165, 1.54) is 25.9 Å². The summed E-state index contributed by atoms with van der Waals surface area (Å²) in [5, 5.41) is 3.97. The Balaban J connectivity index is 1.48. The van der Waals surface area contributed by atoms with E-state index in [2.05, 4.69) is 17.1 Å². The summed E-state index contributed by atoms with van der Waals surface area (Å²) >= 11 is 5.93. The van der Waals surface area contributed by atoms with E-state index in [0.29, 0.717) is 17.0 Å². The molecule has 0 unspecified atom stereocenters. The minimum absolute atomic E-state index is 0.0409. The van der Waals surface area contributed by atoms with E-state index in [9.17, 15) is 4.79 Å². The number of hydrogen-bond acceptors (Lipinski definition) is 2. The molecular formula is C19H22ClN3O. The molecule has 0 radical (unpaired) electrons. The third kappa shape index (κ3) is 2.85. The van der Waals surface area contributed by atoms with Gasteiger partial charge in [0.1, 0.15) is 0 Å². The SMILES string of the molecule is C[C@@H]1[C@H](NC(=O)n2ccc(-c3ccc(Cl)cc3)c2)C2CCN1CC2. The lowest BCUT2D eigenvalue weighted by molar-refractivity contribution is 0.0267. The van der Waals surface area contributed by atoms with Gasteiger partial charge in [-0.15, -0.1) is 0 Å². The Hall–Kier alpha value is -1.78. The van der Waals surface area contributed by atoms with Gasteiger partial charge in [-0.3, -0.25) is 9.47 Å². The molecule has 0 saturated carbocycles. The predicted octanol–water partition coefficient (Wildman–Crippen LogP) is 3.85. The van der Waals surface area contributed by atoms with Crippen LogP contribution in [0.25, 0.3) is 11.1 Å². The Labute approximate surface area is 147 Å². The number of aromatic nitrogens is 1. The van der Waals surface area contributed by atoms with Crippen LogP contribution < -0.4 is 5.32 Å². The summed E-state index contributed by atoms with van der Waals surface area (Å²) < 4.78 is 1.65. The van der Waals surface area contributed by atoms with E-state index >= 15 is 0 Å². The summed E-state index contributed by atoms with van der Waals surface area (Å²) in [5.74, 6) is 0.611. The zero-order valence-electron chi connectivity index (χ0n) is 13.8. The molecule has 4 heterocycles. The van der Waals surface area contributed by atoms with Crippen LogP contribution in [0.1, 0.15) is 19.8 Å². The second kappa shape index (κ2) is 6.26. The molecule has 3 saturated heterocycles. The Morgan fingerprint density at radius 3 is 2.50 bits per heavy atom. The molecule has 5 heteroatoms. The fourth-order valence-electron chi connectivity index (χ4n) is 4.10. The zero-order valence-corrected chi connectivity index (χ0v) is 14.5. The van der Waals surface area contributed by atoms with Crippen LogP contribution in [0.4, 0.5) is 4.79 Å². The van der Waals surface area contributed by atoms with Crippen LogP contribution in [-0.4, -0.2) is 40.7 Å². The first-order valence-electron chi connectivity index (χ1n) is 8.61. The summed E-state index contributed by atoms with van der Waals surface area (Å²) in [5.41, 5.74) is 2.07. The molecule has 24 heavy (non-hydrogen) atoms. The number of halogens is 1. The largest absolute Gasteiger partial charge is 0.333 e. The maximum atomic E-state index is 12.6. The maximum absolute atomic E-state index is 12.6. The molecule has 4 nitrogen and oxygen atoms in total. The van der Waals surface area contributed by atoms with Gasteiger partial charge in [0.25, 0.3) is 0 Å².